The second-order valence-electron chi connectivity index (χ2n) is 7.43. The monoisotopic (exact) mass is 374 g/mol. The Kier molecular flexibility index (Phi) is 17.2. The molecular weight excluding hydrogens is 331 g/mol. The summed E-state index contributed by atoms with van der Waals surface area (Å²) in [5.74, 6) is 0. The number of hydrogen-bond acceptors (Lipinski definition) is 2. The lowest BCUT2D eigenvalue weighted by Crippen LogP contribution is -2.02. The normalized spacial score (nSPS) is 14.4. The lowest BCUT2D eigenvalue weighted by molar-refractivity contribution is 0.247. The van der Waals surface area contributed by atoms with Gasteiger partial charge in [-0.05, 0) is 32.1 Å². The van der Waals surface area contributed by atoms with E-state index in [1.165, 1.54) is 77.0 Å². The van der Waals surface area contributed by atoms with Gasteiger partial charge in [0.25, 0.3) is 0 Å². The minimum Gasteiger partial charge on any atom is -0.324 e. The predicted octanol–water partition coefficient (Wildman–Crippen LogP) is 7.63. The smallest absolute Gasteiger partial charge is 0.324 e. The molecular formula is C21H43O3P. The Balaban J connectivity index is 3.23. The number of unbranched alkanes of at least 4 members (excludes halogenated alkanes) is 12. The Hall–Kier alpha value is -0.110. The van der Waals surface area contributed by atoms with Crippen molar-refractivity contribution >= 4 is 7.60 Å². The van der Waals surface area contributed by atoms with Gasteiger partial charge in [0.2, 0.25) is 0 Å². The molecule has 1 unspecified atom stereocenters. The van der Waals surface area contributed by atoms with Gasteiger partial charge < -0.3 is 9.42 Å². The summed E-state index contributed by atoms with van der Waals surface area (Å²) in [7, 11) is -3.36. The van der Waals surface area contributed by atoms with Crippen molar-refractivity contribution in [3.05, 3.63) is 12.2 Å². The molecule has 0 aromatic carbocycles. The summed E-state index contributed by atoms with van der Waals surface area (Å²) in [5.41, 5.74) is -0.304. The Morgan fingerprint density at radius 1 is 0.800 bits per heavy atom. The lowest BCUT2D eigenvalue weighted by atomic mass is 10.1. The van der Waals surface area contributed by atoms with E-state index in [0.29, 0.717) is 6.61 Å². The van der Waals surface area contributed by atoms with Crippen LogP contribution in [0.25, 0.3) is 0 Å². The molecule has 0 heterocycles. The minimum absolute atomic E-state index is 0.304. The maximum Gasteiger partial charge on any atom is 0.330 e. The van der Waals surface area contributed by atoms with Crippen molar-refractivity contribution in [2.24, 2.45) is 0 Å². The molecule has 4 heteroatoms. The summed E-state index contributed by atoms with van der Waals surface area (Å²) >= 11 is 0. The van der Waals surface area contributed by atoms with Crippen LogP contribution in [0, 0.1) is 0 Å². The first-order valence-electron chi connectivity index (χ1n) is 10.6. The van der Waals surface area contributed by atoms with Gasteiger partial charge in [0.05, 0.1) is 12.3 Å². The highest BCUT2D eigenvalue weighted by Crippen LogP contribution is 2.47. The highest BCUT2D eigenvalue weighted by molar-refractivity contribution is 7.53. The molecule has 0 rings (SSSR count). The molecule has 0 bridgehead atoms. The lowest BCUT2D eigenvalue weighted by Gasteiger charge is -2.14. The third kappa shape index (κ3) is 17.1. The Bertz CT molecular complexity index is 353. The first-order chi connectivity index (χ1) is 12.0. The second kappa shape index (κ2) is 17.3. The average Bonchev–Trinajstić information content (AvgIpc) is 2.57. The molecule has 0 aliphatic heterocycles. The Morgan fingerprint density at radius 3 is 1.72 bits per heavy atom. The van der Waals surface area contributed by atoms with E-state index in [9.17, 15) is 9.46 Å². The van der Waals surface area contributed by atoms with Crippen LogP contribution in [0.2, 0.25) is 0 Å². The highest BCUT2D eigenvalue weighted by Gasteiger charge is 2.23. The van der Waals surface area contributed by atoms with E-state index in [0.717, 1.165) is 12.8 Å². The molecule has 0 saturated heterocycles. The topological polar surface area (TPSA) is 46.5 Å². The fourth-order valence-electron chi connectivity index (χ4n) is 2.69. The van der Waals surface area contributed by atoms with Gasteiger partial charge >= 0.3 is 7.60 Å². The molecule has 0 spiro atoms. The largest absolute Gasteiger partial charge is 0.330 e. The van der Waals surface area contributed by atoms with Crippen molar-refractivity contribution in [3.8, 4) is 0 Å². The fourth-order valence-corrected chi connectivity index (χ4v) is 3.38. The number of allylic oxidation sites excluding steroid dienone is 2. The second-order valence-corrected chi connectivity index (χ2v) is 9.85. The van der Waals surface area contributed by atoms with Crippen LogP contribution in [-0.4, -0.2) is 17.2 Å². The van der Waals surface area contributed by atoms with Gasteiger partial charge in [0.15, 0.2) is 0 Å². The summed E-state index contributed by atoms with van der Waals surface area (Å²) in [6, 6.07) is 0. The van der Waals surface area contributed by atoms with Crippen molar-refractivity contribution in [1.29, 1.82) is 0 Å². The van der Waals surface area contributed by atoms with E-state index in [1.54, 1.807) is 13.8 Å². The van der Waals surface area contributed by atoms with Gasteiger partial charge in [-0.25, -0.2) is 0 Å². The zero-order valence-corrected chi connectivity index (χ0v) is 17.9. The zero-order chi connectivity index (χ0) is 18.8. The van der Waals surface area contributed by atoms with Gasteiger partial charge in [0.1, 0.15) is 0 Å². The van der Waals surface area contributed by atoms with Gasteiger partial charge in [-0.15, -0.1) is 0 Å². The van der Waals surface area contributed by atoms with Gasteiger partial charge in [-0.3, -0.25) is 4.57 Å². The molecule has 0 aliphatic carbocycles. The Labute approximate surface area is 157 Å². The maximum absolute atomic E-state index is 11.6. The molecule has 25 heavy (non-hydrogen) atoms. The van der Waals surface area contributed by atoms with E-state index < -0.39 is 7.60 Å². The third-order valence-corrected chi connectivity index (χ3v) is 6.44. The standard InChI is InChI=1S/C21H43O3P/c1-4-5-6-7-8-9-10-11-12-13-14-15-16-17-18-19-20-24-25(22,23)21(2)3/h11-12,21H,4-10,13-20H2,1-3H3,(H,22,23)/b12-11-. The van der Waals surface area contributed by atoms with Gasteiger partial charge in [0, 0.05) is 0 Å². The predicted molar refractivity (Wildman–Crippen MR) is 110 cm³/mol. The summed E-state index contributed by atoms with van der Waals surface area (Å²) in [4.78, 5) is 9.54. The molecule has 0 fully saturated rings. The first kappa shape index (κ1) is 24.9. The maximum atomic E-state index is 11.6. The minimum atomic E-state index is -3.36. The van der Waals surface area contributed by atoms with E-state index in [1.807, 2.05) is 0 Å². The molecule has 1 N–H and O–H groups in total. The van der Waals surface area contributed by atoms with E-state index in [4.69, 9.17) is 4.52 Å². The average molecular weight is 375 g/mol. The van der Waals surface area contributed by atoms with Crippen LogP contribution in [0.1, 0.15) is 111 Å². The summed E-state index contributed by atoms with van der Waals surface area (Å²) < 4.78 is 16.7. The molecule has 0 amide bonds. The molecule has 0 radical (unpaired) electrons. The van der Waals surface area contributed by atoms with Crippen LogP contribution in [-0.2, 0) is 9.09 Å². The molecule has 1 atom stereocenters. The zero-order valence-electron chi connectivity index (χ0n) is 17.0. The van der Waals surface area contributed by atoms with Gasteiger partial charge in [-0.2, -0.15) is 0 Å². The van der Waals surface area contributed by atoms with Crippen LogP contribution in [0.3, 0.4) is 0 Å². The molecule has 150 valence electrons. The van der Waals surface area contributed by atoms with Gasteiger partial charge in [-0.1, -0.05) is 90.7 Å². The SMILES string of the molecule is CCCCCCCC/C=C\CCCCCCCCOP(=O)(O)C(C)C. The van der Waals surface area contributed by atoms with Crippen LogP contribution in [0.5, 0.6) is 0 Å². The van der Waals surface area contributed by atoms with Crippen molar-refractivity contribution in [2.75, 3.05) is 6.61 Å². The van der Waals surface area contributed by atoms with Crippen molar-refractivity contribution in [1.82, 2.24) is 0 Å². The molecule has 0 saturated carbocycles. The van der Waals surface area contributed by atoms with Crippen molar-refractivity contribution in [3.63, 3.8) is 0 Å². The van der Waals surface area contributed by atoms with Crippen LogP contribution >= 0.6 is 7.60 Å². The molecule has 0 aromatic heterocycles. The molecule has 0 aliphatic rings. The van der Waals surface area contributed by atoms with E-state index in [-0.39, 0.29) is 5.66 Å². The number of rotatable bonds is 18. The quantitative estimate of drug-likeness (QED) is 0.152. The van der Waals surface area contributed by atoms with Crippen molar-refractivity contribution < 1.29 is 14.0 Å². The van der Waals surface area contributed by atoms with Crippen molar-refractivity contribution in [2.45, 2.75) is 116 Å². The molecule has 0 aromatic rings. The third-order valence-electron chi connectivity index (χ3n) is 4.58. The highest BCUT2D eigenvalue weighted by atomic mass is 31.2. The van der Waals surface area contributed by atoms with Crippen LogP contribution in [0.4, 0.5) is 0 Å². The number of hydrogen-bond donors (Lipinski definition) is 1. The molecule has 3 nitrogen and oxygen atoms in total. The van der Waals surface area contributed by atoms with Crippen LogP contribution < -0.4 is 0 Å². The summed E-state index contributed by atoms with van der Waals surface area (Å²) in [6.07, 6.45) is 22.4. The van der Waals surface area contributed by atoms with E-state index >= 15 is 0 Å². The summed E-state index contributed by atoms with van der Waals surface area (Å²) in [5, 5.41) is 0. The summed E-state index contributed by atoms with van der Waals surface area (Å²) in [6.45, 7) is 6.12. The fraction of sp³-hybridized carbons (Fsp3) is 0.905. The van der Waals surface area contributed by atoms with E-state index in [2.05, 4.69) is 19.1 Å². The Morgan fingerprint density at radius 2 is 1.24 bits per heavy atom. The van der Waals surface area contributed by atoms with Crippen LogP contribution in [0.15, 0.2) is 12.2 Å². The first-order valence-corrected chi connectivity index (χ1v) is 12.3.